The zero-order chi connectivity index (χ0) is 13.8. The average molecular weight is 271 g/mol. The fourth-order valence-corrected chi connectivity index (χ4v) is 2.04. The van der Waals surface area contributed by atoms with Crippen molar-refractivity contribution in [2.24, 2.45) is 0 Å². The molecular formula is C12H21N3O2S. The summed E-state index contributed by atoms with van der Waals surface area (Å²) >= 11 is 0. The molecule has 0 fully saturated rings. The van der Waals surface area contributed by atoms with Gasteiger partial charge in [0.2, 0.25) is 0 Å². The van der Waals surface area contributed by atoms with Crippen molar-refractivity contribution < 1.29 is 8.42 Å². The Hall–Kier alpha value is -1.17. The number of anilines is 1. The summed E-state index contributed by atoms with van der Waals surface area (Å²) in [7, 11) is -2.93. The highest BCUT2D eigenvalue weighted by molar-refractivity contribution is 7.91. The first-order chi connectivity index (χ1) is 8.24. The van der Waals surface area contributed by atoms with Crippen molar-refractivity contribution in [1.29, 1.82) is 0 Å². The van der Waals surface area contributed by atoms with Gasteiger partial charge >= 0.3 is 0 Å². The second-order valence-corrected chi connectivity index (χ2v) is 7.67. The highest BCUT2D eigenvalue weighted by Crippen LogP contribution is 2.20. The van der Waals surface area contributed by atoms with Gasteiger partial charge in [0, 0.05) is 23.8 Å². The van der Waals surface area contributed by atoms with Crippen LogP contribution in [0.4, 0.5) is 5.82 Å². The number of hydrogen-bond donors (Lipinski definition) is 1. The SMILES string of the molecule is CCS(=O)(=O)CCNc1cc(C(C)(C)C)ncn1. The Labute approximate surface area is 109 Å². The number of nitrogens with one attached hydrogen (secondary N) is 1. The fraction of sp³-hybridized carbons (Fsp3) is 0.667. The van der Waals surface area contributed by atoms with Gasteiger partial charge in [-0.15, -0.1) is 0 Å². The van der Waals surface area contributed by atoms with Crippen LogP contribution in [0.15, 0.2) is 12.4 Å². The second kappa shape index (κ2) is 5.65. The molecule has 102 valence electrons. The van der Waals surface area contributed by atoms with Crippen molar-refractivity contribution in [1.82, 2.24) is 9.97 Å². The van der Waals surface area contributed by atoms with Gasteiger partial charge in [-0.05, 0) is 0 Å². The van der Waals surface area contributed by atoms with Gasteiger partial charge in [0.05, 0.1) is 11.4 Å². The predicted molar refractivity (Wildman–Crippen MR) is 73.5 cm³/mol. The van der Waals surface area contributed by atoms with Crippen LogP contribution < -0.4 is 5.32 Å². The van der Waals surface area contributed by atoms with Crippen LogP contribution in [0, 0.1) is 0 Å². The van der Waals surface area contributed by atoms with Crippen LogP contribution in [-0.4, -0.2) is 36.4 Å². The third-order valence-corrected chi connectivity index (χ3v) is 4.30. The number of sulfone groups is 1. The first-order valence-electron chi connectivity index (χ1n) is 6.01. The highest BCUT2D eigenvalue weighted by atomic mass is 32.2. The molecule has 6 heteroatoms. The third kappa shape index (κ3) is 4.60. The molecule has 5 nitrogen and oxygen atoms in total. The Morgan fingerprint density at radius 1 is 1.28 bits per heavy atom. The summed E-state index contributed by atoms with van der Waals surface area (Å²) in [4.78, 5) is 8.30. The Bertz CT molecular complexity index is 492. The molecule has 0 spiro atoms. The van der Waals surface area contributed by atoms with E-state index in [9.17, 15) is 8.42 Å². The Morgan fingerprint density at radius 3 is 2.50 bits per heavy atom. The molecule has 0 aromatic carbocycles. The minimum atomic E-state index is -2.93. The van der Waals surface area contributed by atoms with E-state index in [1.54, 1.807) is 6.92 Å². The van der Waals surface area contributed by atoms with Gasteiger partial charge in [0.25, 0.3) is 0 Å². The first kappa shape index (κ1) is 14.9. The normalized spacial score (nSPS) is 12.4. The number of aromatic nitrogens is 2. The van der Waals surface area contributed by atoms with Crippen LogP contribution >= 0.6 is 0 Å². The number of rotatable bonds is 5. The van der Waals surface area contributed by atoms with Crippen molar-refractivity contribution in [2.45, 2.75) is 33.1 Å². The van der Waals surface area contributed by atoms with Gasteiger partial charge in [0.1, 0.15) is 12.1 Å². The maximum absolute atomic E-state index is 11.3. The van der Waals surface area contributed by atoms with E-state index >= 15 is 0 Å². The van der Waals surface area contributed by atoms with E-state index in [1.807, 2.05) is 6.07 Å². The molecule has 0 amide bonds. The molecule has 0 saturated carbocycles. The minimum absolute atomic E-state index is 0.0468. The molecule has 1 aromatic heterocycles. The van der Waals surface area contributed by atoms with Gasteiger partial charge < -0.3 is 5.32 Å². The lowest BCUT2D eigenvalue weighted by atomic mass is 9.92. The van der Waals surface area contributed by atoms with Crippen LogP contribution in [-0.2, 0) is 15.3 Å². The lowest BCUT2D eigenvalue weighted by molar-refractivity contribution is 0.567. The van der Waals surface area contributed by atoms with Crippen molar-refractivity contribution in [3.8, 4) is 0 Å². The topological polar surface area (TPSA) is 72.0 Å². The summed E-state index contributed by atoms with van der Waals surface area (Å²) in [5.41, 5.74) is 0.882. The number of hydrogen-bond acceptors (Lipinski definition) is 5. The zero-order valence-electron chi connectivity index (χ0n) is 11.4. The molecule has 0 saturated heterocycles. The standard InChI is InChI=1S/C12H21N3O2S/c1-5-18(16,17)7-6-13-11-8-10(12(2,3)4)14-9-15-11/h8-9H,5-7H2,1-4H3,(H,13,14,15). The van der Waals surface area contributed by atoms with E-state index in [1.165, 1.54) is 6.33 Å². The molecule has 0 aliphatic heterocycles. The van der Waals surface area contributed by atoms with Gasteiger partial charge in [0.15, 0.2) is 9.84 Å². The molecule has 0 radical (unpaired) electrons. The lowest BCUT2D eigenvalue weighted by Gasteiger charge is -2.18. The molecule has 0 bridgehead atoms. The third-order valence-electron chi connectivity index (χ3n) is 2.59. The summed E-state index contributed by atoms with van der Waals surface area (Å²) in [6, 6.07) is 1.86. The van der Waals surface area contributed by atoms with Crippen molar-refractivity contribution in [3.05, 3.63) is 18.1 Å². The molecule has 0 atom stereocenters. The Kier molecular flexibility index (Phi) is 4.67. The van der Waals surface area contributed by atoms with E-state index < -0.39 is 9.84 Å². The smallest absolute Gasteiger partial charge is 0.151 e. The lowest BCUT2D eigenvalue weighted by Crippen LogP contribution is -2.19. The van der Waals surface area contributed by atoms with Crippen LogP contribution in [0.25, 0.3) is 0 Å². The Morgan fingerprint density at radius 2 is 1.94 bits per heavy atom. The quantitative estimate of drug-likeness (QED) is 0.881. The minimum Gasteiger partial charge on any atom is -0.369 e. The van der Waals surface area contributed by atoms with E-state index in [0.29, 0.717) is 12.4 Å². The molecular weight excluding hydrogens is 250 g/mol. The molecule has 1 rings (SSSR count). The van der Waals surface area contributed by atoms with Crippen molar-refractivity contribution in [2.75, 3.05) is 23.4 Å². The summed E-state index contributed by atoms with van der Waals surface area (Å²) in [5, 5.41) is 3.02. The highest BCUT2D eigenvalue weighted by Gasteiger charge is 2.16. The molecule has 0 aliphatic rings. The Balaban J connectivity index is 2.64. The molecule has 1 N–H and O–H groups in total. The van der Waals surface area contributed by atoms with Gasteiger partial charge in [-0.3, -0.25) is 0 Å². The summed E-state index contributed by atoms with van der Waals surface area (Å²) in [6.45, 7) is 8.23. The van der Waals surface area contributed by atoms with E-state index in [-0.39, 0.29) is 16.9 Å². The molecule has 0 aliphatic carbocycles. The van der Waals surface area contributed by atoms with Crippen LogP contribution in [0.5, 0.6) is 0 Å². The number of nitrogens with zero attached hydrogens (tertiary/aromatic N) is 2. The fourth-order valence-electron chi connectivity index (χ4n) is 1.34. The van der Waals surface area contributed by atoms with Crippen molar-refractivity contribution >= 4 is 15.7 Å². The van der Waals surface area contributed by atoms with Crippen molar-refractivity contribution in [3.63, 3.8) is 0 Å². The molecule has 1 heterocycles. The molecule has 1 aromatic rings. The van der Waals surface area contributed by atoms with E-state index in [0.717, 1.165) is 5.69 Å². The summed E-state index contributed by atoms with van der Waals surface area (Å²) in [6.07, 6.45) is 1.50. The summed E-state index contributed by atoms with van der Waals surface area (Å²) in [5.74, 6) is 0.963. The van der Waals surface area contributed by atoms with Gasteiger partial charge in [-0.2, -0.15) is 0 Å². The van der Waals surface area contributed by atoms with E-state index in [4.69, 9.17) is 0 Å². The van der Waals surface area contributed by atoms with Crippen LogP contribution in [0.3, 0.4) is 0 Å². The molecule has 0 unspecified atom stereocenters. The second-order valence-electron chi connectivity index (χ2n) is 5.20. The molecule has 18 heavy (non-hydrogen) atoms. The maximum atomic E-state index is 11.3. The van der Waals surface area contributed by atoms with Gasteiger partial charge in [-0.1, -0.05) is 27.7 Å². The monoisotopic (exact) mass is 271 g/mol. The van der Waals surface area contributed by atoms with Crippen LogP contribution in [0.1, 0.15) is 33.4 Å². The zero-order valence-corrected chi connectivity index (χ0v) is 12.2. The van der Waals surface area contributed by atoms with Gasteiger partial charge in [-0.25, -0.2) is 18.4 Å². The largest absolute Gasteiger partial charge is 0.369 e. The van der Waals surface area contributed by atoms with E-state index in [2.05, 4.69) is 36.1 Å². The maximum Gasteiger partial charge on any atom is 0.151 e. The first-order valence-corrected chi connectivity index (χ1v) is 7.83. The van der Waals surface area contributed by atoms with Crippen LogP contribution in [0.2, 0.25) is 0 Å². The average Bonchev–Trinajstić information content (AvgIpc) is 2.28. The summed E-state index contributed by atoms with van der Waals surface area (Å²) < 4.78 is 22.7. The predicted octanol–water partition coefficient (Wildman–Crippen LogP) is 1.62.